The fourth-order valence-electron chi connectivity index (χ4n) is 3.36. The van der Waals surface area contributed by atoms with Gasteiger partial charge in [-0.3, -0.25) is 9.59 Å². The van der Waals surface area contributed by atoms with Crippen LogP contribution in [0.2, 0.25) is 0 Å². The summed E-state index contributed by atoms with van der Waals surface area (Å²) in [6.07, 6.45) is 2.67. The van der Waals surface area contributed by atoms with Crippen LogP contribution in [-0.2, 0) is 22.4 Å². The standard InChI is InChI=1S/C21H24N2O5S/c1-3-27-21(26)18-14-9-8-12(2)10-16(14)29-20(18)23-17(24)11-28-15-7-5-4-6-13(15)19(22)25/h4-7,12H,3,8-11H2,1-2H3,(H2,22,25)(H,23,24)/t12-/m1/s1. The van der Waals surface area contributed by atoms with E-state index in [1.165, 1.54) is 17.4 Å². The number of ether oxygens (including phenoxy) is 2. The summed E-state index contributed by atoms with van der Waals surface area (Å²) >= 11 is 1.42. The number of hydrogen-bond donors (Lipinski definition) is 2. The van der Waals surface area contributed by atoms with Crippen LogP contribution in [0, 0.1) is 5.92 Å². The molecule has 0 saturated carbocycles. The number of amides is 2. The number of fused-ring (bicyclic) bond motifs is 1. The summed E-state index contributed by atoms with van der Waals surface area (Å²) in [5.74, 6) is -0.713. The maximum absolute atomic E-state index is 12.5. The molecule has 7 nitrogen and oxygen atoms in total. The first kappa shape index (κ1) is 20.9. The topological polar surface area (TPSA) is 108 Å². The van der Waals surface area contributed by atoms with Gasteiger partial charge < -0.3 is 20.5 Å². The highest BCUT2D eigenvalue weighted by molar-refractivity contribution is 7.17. The number of rotatable bonds is 7. The van der Waals surface area contributed by atoms with Crippen LogP contribution in [0.5, 0.6) is 5.75 Å². The number of nitrogens with two attached hydrogens (primary N) is 1. The van der Waals surface area contributed by atoms with Crippen molar-refractivity contribution in [1.29, 1.82) is 0 Å². The molecule has 1 heterocycles. The molecule has 0 aliphatic heterocycles. The third kappa shape index (κ3) is 4.76. The summed E-state index contributed by atoms with van der Waals surface area (Å²) in [5, 5.41) is 3.26. The van der Waals surface area contributed by atoms with Gasteiger partial charge in [0, 0.05) is 4.88 Å². The fraction of sp³-hybridized carbons (Fsp3) is 0.381. The quantitative estimate of drug-likeness (QED) is 0.674. The third-order valence-corrected chi connectivity index (χ3v) is 5.93. The van der Waals surface area contributed by atoms with Gasteiger partial charge in [-0.2, -0.15) is 0 Å². The van der Waals surface area contributed by atoms with E-state index in [0.29, 0.717) is 16.5 Å². The van der Waals surface area contributed by atoms with Crippen LogP contribution in [0.4, 0.5) is 5.00 Å². The first-order valence-corrected chi connectivity index (χ1v) is 10.4. The molecule has 0 unspecified atom stereocenters. The second-order valence-electron chi connectivity index (χ2n) is 6.97. The third-order valence-electron chi connectivity index (χ3n) is 4.76. The van der Waals surface area contributed by atoms with Gasteiger partial charge in [-0.25, -0.2) is 4.79 Å². The average molecular weight is 416 g/mol. The van der Waals surface area contributed by atoms with Crippen LogP contribution in [0.3, 0.4) is 0 Å². The van der Waals surface area contributed by atoms with Crippen LogP contribution in [0.1, 0.15) is 51.4 Å². The van der Waals surface area contributed by atoms with Gasteiger partial charge in [0.2, 0.25) is 0 Å². The van der Waals surface area contributed by atoms with Crippen molar-refractivity contribution in [1.82, 2.24) is 0 Å². The normalized spacial score (nSPS) is 15.3. The van der Waals surface area contributed by atoms with Crippen LogP contribution < -0.4 is 15.8 Å². The summed E-state index contributed by atoms with van der Waals surface area (Å²) < 4.78 is 10.7. The number of esters is 1. The molecule has 1 aromatic heterocycles. The molecule has 0 bridgehead atoms. The molecule has 29 heavy (non-hydrogen) atoms. The first-order chi connectivity index (χ1) is 13.9. The van der Waals surface area contributed by atoms with E-state index in [-0.39, 0.29) is 24.5 Å². The van der Waals surface area contributed by atoms with Crippen LogP contribution in [-0.4, -0.2) is 31.0 Å². The Morgan fingerprint density at radius 2 is 2.03 bits per heavy atom. The fourth-order valence-corrected chi connectivity index (χ4v) is 4.78. The number of carbonyl (C=O) groups is 3. The number of primary amides is 1. The molecule has 0 spiro atoms. The number of anilines is 1. The molecule has 2 aromatic rings. The molecule has 3 N–H and O–H groups in total. The Balaban J connectivity index is 1.76. The van der Waals surface area contributed by atoms with Crippen molar-refractivity contribution < 1.29 is 23.9 Å². The molecule has 2 amide bonds. The Bertz CT molecular complexity index is 937. The molecule has 0 radical (unpaired) electrons. The minimum Gasteiger partial charge on any atom is -0.483 e. The lowest BCUT2D eigenvalue weighted by Gasteiger charge is -2.18. The Morgan fingerprint density at radius 3 is 2.76 bits per heavy atom. The molecule has 8 heteroatoms. The van der Waals surface area contributed by atoms with Crippen molar-refractivity contribution in [3.8, 4) is 5.75 Å². The summed E-state index contributed by atoms with van der Waals surface area (Å²) in [5.41, 5.74) is 6.95. The smallest absolute Gasteiger partial charge is 0.341 e. The van der Waals surface area contributed by atoms with E-state index in [2.05, 4.69) is 12.2 Å². The number of carbonyl (C=O) groups excluding carboxylic acids is 3. The zero-order chi connectivity index (χ0) is 21.0. The monoisotopic (exact) mass is 416 g/mol. The maximum Gasteiger partial charge on any atom is 0.341 e. The second kappa shape index (κ2) is 9.09. The number of benzene rings is 1. The summed E-state index contributed by atoms with van der Waals surface area (Å²) in [6.45, 7) is 3.88. The van der Waals surface area contributed by atoms with Crippen LogP contribution >= 0.6 is 11.3 Å². The molecular formula is C21H24N2O5S. The number of para-hydroxylation sites is 1. The largest absolute Gasteiger partial charge is 0.483 e. The highest BCUT2D eigenvalue weighted by Gasteiger charge is 2.29. The SMILES string of the molecule is CCOC(=O)c1c(NC(=O)COc2ccccc2C(N)=O)sc2c1CC[C@@H](C)C2. The molecule has 1 atom stereocenters. The minimum absolute atomic E-state index is 0.202. The van der Waals surface area contributed by atoms with E-state index in [9.17, 15) is 14.4 Å². The summed E-state index contributed by atoms with van der Waals surface area (Å²) in [4.78, 5) is 37.6. The van der Waals surface area contributed by atoms with Gasteiger partial charge in [-0.1, -0.05) is 19.1 Å². The zero-order valence-electron chi connectivity index (χ0n) is 16.4. The molecule has 3 rings (SSSR count). The van der Waals surface area contributed by atoms with Gasteiger partial charge in [0.25, 0.3) is 11.8 Å². The lowest BCUT2D eigenvalue weighted by molar-refractivity contribution is -0.118. The lowest BCUT2D eigenvalue weighted by atomic mass is 9.88. The lowest BCUT2D eigenvalue weighted by Crippen LogP contribution is -2.22. The van der Waals surface area contributed by atoms with Crippen molar-refractivity contribution in [2.24, 2.45) is 11.7 Å². The molecule has 1 aliphatic rings. The van der Waals surface area contributed by atoms with Crippen molar-refractivity contribution in [2.75, 3.05) is 18.5 Å². The molecule has 154 valence electrons. The van der Waals surface area contributed by atoms with E-state index in [1.54, 1.807) is 25.1 Å². The van der Waals surface area contributed by atoms with Gasteiger partial charge in [0.05, 0.1) is 17.7 Å². The molecule has 0 fully saturated rings. The molecular weight excluding hydrogens is 392 g/mol. The predicted molar refractivity (Wildman–Crippen MR) is 111 cm³/mol. The van der Waals surface area contributed by atoms with Gasteiger partial charge in [0.1, 0.15) is 10.8 Å². The highest BCUT2D eigenvalue weighted by Crippen LogP contribution is 2.40. The van der Waals surface area contributed by atoms with Crippen LogP contribution in [0.15, 0.2) is 24.3 Å². The van der Waals surface area contributed by atoms with Crippen LogP contribution in [0.25, 0.3) is 0 Å². The van der Waals surface area contributed by atoms with Crippen molar-refractivity contribution >= 4 is 34.1 Å². The van der Waals surface area contributed by atoms with Gasteiger partial charge >= 0.3 is 5.97 Å². The van der Waals surface area contributed by atoms with E-state index in [4.69, 9.17) is 15.2 Å². The summed E-state index contributed by atoms with van der Waals surface area (Å²) in [6, 6.07) is 6.45. The van der Waals surface area contributed by atoms with Crippen molar-refractivity contribution in [3.05, 3.63) is 45.8 Å². The van der Waals surface area contributed by atoms with E-state index in [1.807, 2.05) is 0 Å². The van der Waals surface area contributed by atoms with E-state index >= 15 is 0 Å². The zero-order valence-corrected chi connectivity index (χ0v) is 17.3. The molecule has 1 aromatic carbocycles. The van der Waals surface area contributed by atoms with Gasteiger partial charge in [0.15, 0.2) is 6.61 Å². The second-order valence-corrected chi connectivity index (χ2v) is 8.08. The number of nitrogens with one attached hydrogen (secondary N) is 1. The average Bonchev–Trinajstić information content (AvgIpc) is 3.03. The van der Waals surface area contributed by atoms with Gasteiger partial charge in [-0.15, -0.1) is 11.3 Å². The number of thiophene rings is 1. The van der Waals surface area contributed by atoms with Gasteiger partial charge in [-0.05, 0) is 49.8 Å². The number of hydrogen-bond acceptors (Lipinski definition) is 6. The predicted octanol–water partition coefficient (Wildman–Crippen LogP) is 3.17. The Morgan fingerprint density at radius 1 is 1.28 bits per heavy atom. The van der Waals surface area contributed by atoms with E-state index < -0.39 is 17.8 Å². The van der Waals surface area contributed by atoms with Crippen molar-refractivity contribution in [3.63, 3.8) is 0 Å². The highest BCUT2D eigenvalue weighted by atomic mass is 32.1. The van der Waals surface area contributed by atoms with Crippen molar-refractivity contribution in [2.45, 2.75) is 33.1 Å². The van der Waals surface area contributed by atoms with E-state index in [0.717, 1.165) is 29.7 Å². The maximum atomic E-state index is 12.5. The first-order valence-electron chi connectivity index (χ1n) is 9.53. The Kier molecular flexibility index (Phi) is 6.53. The molecule has 0 saturated heterocycles. The molecule has 1 aliphatic carbocycles. The summed E-state index contributed by atoms with van der Waals surface area (Å²) in [7, 11) is 0. The Hall–Kier alpha value is -2.87. The Labute approximate surface area is 173 Å². The minimum atomic E-state index is -0.634.